The molecule has 3 aromatic rings. The Balaban J connectivity index is 1.56. The molecule has 5 nitrogen and oxygen atoms in total. The van der Waals surface area contributed by atoms with Gasteiger partial charge in [0, 0.05) is 42.4 Å². The molecule has 0 spiro atoms. The van der Waals surface area contributed by atoms with Crippen molar-refractivity contribution >= 4 is 28.1 Å². The minimum Gasteiger partial charge on any atom is -0.383 e. The molecule has 1 aromatic heterocycles. The van der Waals surface area contributed by atoms with E-state index in [4.69, 9.17) is 4.74 Å². The van der Waals surface area contributed by atoms with Crippen molar-refractivity contribution in [1.82, 2.24) is 4.98 Å². The average Bonchev–Trinajstić information content (AvgIpc) is 3.21. The lowest BCUT2D eigenvalue weighted by Crippen LogP contribution is -2.35. The summed E-state index contributed by atoms with van der Waals surface area (Å²) in [6, 6.07) is 11.9. The number of nitrogens with one attached hydrogen (secondary N) is 1. The molecule has 1 aliphatic rings. The highest BCUT2D eigenvalue weighted by Crippen LogP contribution is 2.33. The van der Waals surface area contributed by atoms with Gasteiger partial charge in [0.15, 0.2) is 5.13 Å². The number of carbonyl (C=O) groups is 1. The van der Waals surface area contributed by atoms with Crippen LogP contribution >= 0.6 is 11.3 Å². The molecule has 0 saturated heterocycles. The predicted octanol–water partition coefficient (Wildman–Crippen LogP) is 4.60. The third-order valence-corrected chi connectivity index (χ3v) is 5.70. The molecule has 29 heavy (non-hydrogen) atoms. The first-order valence-electron chi connectivity index (χ1n) is 9.55. The first kappa shape index (κ1) is 19.5. The maximum Gasteiger partial charge on any atom is 0.258 e. The number of fused-ring (bicyclic) bond motifs is 1. The van der Waals surface area contributed by atoms with Crippen molar-refractivity contribution in [2.45, 2.75) is 12.8 Å². The van der Waals surface area contributed by atoms with Gasteiger partial charge in [-0.2, -0.15) is 0 Å². The number of aryl methyl sites for hydroxylation is 1. The zero-order chi connectivity index (χ0) is 20.2. The number of benzene rings is 2. The van der Waals surface area contributed by atoms with Gasteiger partial charge in [-0.1, -0.05) is 12.1 Å². The lowest BCUT2D eigenvalue weighted by Gasteiger charge is -2.30. The van der Waals surface area contributed by atoms with Gasteiger partial charge < -0.3 is 15.0 Å². The normalized spacial score (nSPS) is 13.2. The van der Waals surface area contributed by atoms with Gasteiger partial charge in [0.1, 0.15) is 5.82 Å². The summed E-state index contributed by atoms with van der Waals surface area (Å²) in [5, 5.41) is 6.12. The SMILES string of the molecule is COCCNc1nc(-c2ccc3c(c2)CCCN3C(=O)c2cccc(F)c2)cs1. The quantitative estimate of drug-likeness (QED) is 0.603. The maximum atomic E-state index is 13.5. The summed E-state index contributed by atoms with van der Waals surface area (Å²) in [7, 11) is 1.67. The minimum absolute atomic E-state index is 0.170. The summed E-state index contributed by atoms with van der Waals surface area (Å²) in [6.07, 6.45) is 1.78. The van der Waals surface area contributed by atoms with Gasteiger partial charge in [-0.25, -0.2) is 9.37 Å². The van der Waals surface area contributed by atoms with E-state index < -0.39 is 5.82 Å². The van der Waals surface area contributed by atoms with Crippen LogP contribution in [0.1, 0.15) is 22.3 Å². The predicted molar refractivity (Wildman–Crippen MR) is 114 cm³/mol. The molecule has 4 rings (SSSR count). The van der Waals surface area contributed by atoms with E-state index in [1.54, 1.807) is 35.5 Å². The molecule has 0 unspecified atom stereocenters. The Hall–Kier alpha value is -2.77. The lowest BCUT2D eigenvalue weighted by molar-refractivity contribution is 0.0984. The number of amides is 1. The number of rotatable bonds is 6. The Morgan fingerprint density at radius 2 is 2.21 bits per heavy atom. The molecule has 150 valence electrons. The van der Waals surface area contributed by atoms with Crippen LogP contribution in [0.5, 0.6) is 0 Å². The van der Waals surface area contributed by atoms with Gasteiger partial charge in [-0.05, 0) is 48.7 Å². The number of hydrogen-bond acceptors (Lipinski definition) is 5. The van der Waals surface area contributed by atoms with E-state index in [0.717, 1.165) is 40.5 Å². The summed E-state index contributed by atoms with van der Waals surface area (Å²) in [4.78, 5) is 19.3. The molecule has 0 fully saturated rings. The topological polar surface area (TPSA) is 54.5 Å². The van der Waals surface area contributed by atoms with Crippen LogP contribution in [0, 0.1) is 5.82 Å². The van der Waals surface area contributed by atoms with Crippen LogP contribution in [0.25, 0.3) is 11.3 Å². The van der Waals surface area contributed by atoms with Crippen LogP contribution in [-0.4, -0.2) is 37.7 Å². The zero-order valence-electron chi connectivity index (χ0n) is 16.2. The van der Waals surface area contributed by atoms with Crippen molar-refractivity contribution < 1.29 is 13.9 Å². The number of ether oxygens (including phenoxy) is 1. The fourth-order valence-electron chi connectivity index (χ4n) is 3.49. The van der Waals surface area contributed by atoms with E-state index in [1.807, 2.05) is 17.5 Å². The second-order valence-electron chi connectivity index (χ2n) is 6.87. The van der Waals surface area contributed by atoms with E-state index in [0.29, 0.717) is 25.3 Å². The van der Waals surface area contributed by atoms with Crippen molar-refractivity contribution in [3.63, 3.8) is 0 Å². The third-order valence-electron chi connectivity index (χ3n) is 4.90. The Kier molecular flexibility index (Phi) is 5.87. The van der Waals surface area contributed by atoms with Crippen molar-refractivity contribution in [2.24, 2.45) is 0 Å². The number of methoxy groups -OCH3 is 1. The minimum atomic E-state index is -0.401. The largest absolute Gasteiger partial charge is 0.383 e. The Morgan fingerprint density at radius 3 is 3.03 bits per heavy atom. The number of hydrogen-bond donors (Lipinski definition) is 1. The van der Waals surface area contributed by atoms with Crippen LogP contribution in [-0.2, 0) is 11.2 Å². The fourth-order valence-corrected chi connectivity index (χ4v) is 4.24. The van der Waals surface area contributed by atoms with Gasteiger partial charge >= 0.3 is 0 Å². The molecule has 1 amide bonds. The number of carbonyl (C=O) groups excluding carboxylic acids is 1. The van der Waals surface area contributed by atoms with Crippen molar-refractivity contribution in [3.05, 3.63) is 64.8 Å². The number of thiazole rings is 1. The summed E-state index contributed by atoms with van der Waals surface area (Å²) in [6.45, 7) is 1.97. The fraction of sp³-hybridized carbons (Fsp3) is 0.273. The van der Waals surface area contributed by atoms with E-state index in [9.17, 15) is 9.18 Å². The molecule has 0 saturated carbocycles. The molecule has 0 atom stereocenters. The van der Waals surface area contributed by atoms with Gasteiger partial charge in [0.25, 0.3) is 5.91 Å². The highest BCUT2D eigenvalue weighted by atomic mass is 32.1. The molecular formula is C22H22FN3O2S. The highest BCUT2D eigenvalue weighted by Gasteiger charge is 2.24. The second kappa shape index (κ2) is 8.71. The molecule has 2 heterocycles. The molecule has 0 bridgehead atoms. The first-order chi connectivity index (χ1) is 14.2. The van der Waals surface area contributed by atoms with Gasteiger partial charge in [0.05, 0.1) is 12.3 Å². The third kappa shape index (κ3) is 4.31. The average molecular weight is 412 g/mol. The number of halogens is 1. The van der Waals surface area contributed by atoms with E-state index in [1.165, 1.54) is 12.1 Å². The maximum absolute atomic E-state index is 13.5. The Bertz CT molecular complexity index is 1020. The van der Waals surface area contributed by atoms with E-state index >= 15 is 0 Å². The lowest BCUT2D eigenvalue weighted by atomic mass is 9.97. The summed E-state index contributed by atoms with van der Waals surface area (Å²) in [5.74, 6) is -0.571. The summed E-state index contributed by atoms with van der Waals surface area (Å²) < 4.78 is 18.6. The molecular weight excluding hydrogens is 389 g/mol. The van der Waals surface area contributed by atoms with Crippen LogP contribution in [0.3, 0.4) is 0 Å². The van der Waals surface area contributed by atoms with Crippen LogP contribution in [0.4, 0.5) is 15.2 Å². The second-order valence-corrected chi connectivity index (χ2v) is 7.73. The van der Waals surface area contributed by atoms with Crippen molar-refractivity contribution in [2.75, 3.05) is 37.0 Å². The van der Waals surface area contributed by atoms with Crippen LogP contribution in [0.15, 0.2) is 47.8 Å². The van der Waals surface area contributed by atoms with E-state index in [2.05, 4.69) is 16.4 Å². The van der Waals surface area contributed by atoms with Gasteiger partial charge in [-0.15, -0.1) is 11.3 Å². The summed E-state index contributed by atoms with van der Waals surface area (Å²) in [5.41, 5.74) is 4.31. The number of nitrogens with zero attached hydrogens (tertiary/aromatic N) is 2. The monoisotopic (exact) mass is 411 g/mol. The smallest absolute Gasteiger partial charge is 0.258 e. The Morgan fingerprint density at radius 1 is 1.31 bits per heavy atom. The molecule has 1 aliphatic heterocycles. The zero-order valence-corrected chi connectivity index (χ0v) is 17.0. The Labute approximate surface area is 173 Å². The van der Waals surface area contributed by atoms with Crippen molar-refractivity contribution in [1.29, 1.82) is 0 Å². The van der Waals surface area contributed by atoms with E-state index in [-0.39, 0.29) is 5.91 Å². The van der Waals surface area contributed by atoms with Gasteiger partial charge in [-0.3, -0.25) is 4.79 Å². The standard InChI is InChI=1S/C22H22FN3O2S/c1-28-11-9-24-22-25-19(14-29-22)15-7-8-20-16(12-15)5-3-10-26(20)21(27)17-4-2-6-18(23)13-17/h2,4,6-8,12-14H,3,5,9-11H2,1H3,(H,24,25). The summed E-state index contributed by atoms with van der Waals surface area (Å²) >= 11 is 1.56. The number of aromatic nitrogens is 1. The van der Waals surface area contributed by atoms with Crippen LogP contribution in [0.2, 0.25) is 0 Å². The molecule has 2 aromatic carbocycles. The molecule has 1 N–H and O–H groups in total. The van der Waals surface area contributed by atoms with Gasteiger partial charge in [0.2, 0.25) is 0 Å². The van der Waals surface area contributed by atoms with Crippen molar-refractivity contribution in [3.8, 4) is 11.3 Å². The highest BCUT2D eigenvalue weighted by molar-refractivity contribution is 7.14. The molecule has 7 heteroatoms. The van der Waals surface area contributed by atoms with Crippen LogP contribution < -0.4 is 10.2 Å². The molecule has 0 radical (unpaired) electrons. The first-order valence-corrected chi connectivity index (χ1v) is 10.4. The number of anilines is 2. The molecule has 0 aliphatic carbocycles.